The first-order chi connectivity index (χ1) is 6.33. The van der Waals surface area contributed by atoms with Crippen molar-refractivity contribution in [3.05, 3.63) is 11.1 Å². The predicted molar refractivity (Wildman–Crippen MR) is 55.4 cm³/mol. The van der Waals surface area contributed by atoms with Gasteiger partial charge >= 0.3 is 0 Å². The zero-order valence-electron chi connectivity index (χ0n) is 7.44. The summed E-state index contributed by atoms with van der Waals surface area (Å²) in [7, 11) is 0. The van der Waals surface area contributed by atoms with Gasteiger partial charge < -0.3 is 10.6 Å². The Kier molecular flexibility index (Phi) is 1.67. The standard InChI is InChI=1S/C9H13N3S/c10-9-11-7-3-4-12(6-1-2-6)5-8(7)13-9/h5-6,9H,1-4,10H2. The summed E-state index contributed by atoms with van der Waals surface area (Å²) in [4.78, 5) is 8.16. The first-order valence-corrected chi connectivity index (χ1v) is 5.68. The number of fused-ring (bicyclic) bond motifs is 1. The van der Waals surface area contributed by atoms with E-state index in [4.69, 9.17) is 5.73 Å². The van der Waals surface area contributed by atoms with Gasteiger partial charge in [0.15, 0.2) is 0 Å². The number of aliphatic imine (C=N–C) groups is 1. The molecule has 0 saturated heterocycles. The minimum absolute atomic E-state index is 0.0413. The molecule has 0 radical (unpaired) electrons. The first-order valence-electron chi connectivity index (χ1n) is 4.80. The van der Waals surface area contributed by atoms with Gasteiger partial charge in [-0.15, -0.1) is 0 Å². The molecule has 0 spiro atoms. The van der Waals surface area contributed by atoms with Crippen molar-refractivity contribution in [2.24, 2.45) is 10.7 Å². The number of nitrogens with zero attached hydrogens (tertiary/aromatic N) is 2. The Morgan fingerprint density at radius 1 is 1.54 bits per heavy atom. The summed E-state index contributed by atoms with van der Waals surface area (Å²) < 4.78 is 0. The fourth-order valence-electron chi connectivity index (χ4n) is 1.88. The van der Waals surface area contributed by atoms with Crippen molar-refractivity contribution in [3.63, 3.8) is 0 Å². The summed E-state index contributed by atoms with van der Waals surface area (Å²) >= 11 is 1.69. The number of allylic oxidation sites excluding steroid dienone is 1. The smallest absolute Gasteiger partial charge is 0.149 e. The molecule has 3 rings (SSSR count). The third-order valence-corrected chi connectivity index (χ3v) is 3.66. The minimum Gasteiger partial charge on any atom is -0.373 e. The van der Waals surface area contributed by atoms with E-state index < -0.39 is 0 Å². The molecule has 3 nitrogen and oxygen atoms in total. The molecule has 2 N–H and O–H groups in total. The highest BCUT2D eigenvalue weighted by molar-refractivity contribution is 8.04. The van der Waals surface area contributed by atoms with Gasteiger partial charge in [0.25, 0.3) is 0 Å². The molecule has 0 aromatic carbocycles. The number of nitrogens with two attached hydrogens (primary N) is 1. The molecule has 0 amide bonds. The Morgan fingerprint density at radius 3 is 3.15 bits per heavy atom. The molecule has 1 aliphatic carbocycles. The van der Waals surface area contributed by atoms with Gasteiger partial charge in [-0.2, -0.15) is 0 Å². The third-order valence-electron chi connectivity index (χ3n) is 2.72. The molecule has 3 aliphatic rings. The number of hydrogen-bond donors (Lipinski definition) is 1. The quantitative estimate of drug-likeness (QED) is 0.682. The molecule has 1 unspecified atom stereocenters. The van der Waals surface area contributed by atoms with Crippen molar-refractivity contribution in [1.82, 2.24) is 4.90 Å². The number of thioether (sulfide) groups is 1. The van der Waals surface area contributed by atoms with Crippen molar-refractivity contribution < 1.29 is 0 Å². The maximum Gasteiger partial charge on any atom is 0.149 e. The fourth-order valence-corrected chi connectivity index (χ4v) is 2.81. The maximum atomic E-state index is 5.75. The van der Waals surface area contributed by atoms with Crippen molar-refractivity contribution in [2.75, 3.05) is 6.54 Å². The van der Waals surface area contributed by atoms with E-state index in [1.165, 1.54) is 23.5 Å². The van der Waals surface area contributed by atoms with E-state index in [-0.39, 0.29) is 5.50 Å². The van der Waals surface area contributed by atoms with Gasteiger partial charge in [0.1, 0.15) is 5.50 Å². The van der Waals surface area contributed by atoms with Crippen LogP contribution in [0.1, 0.15) is 19.3 Å². The lowest BCUT2D eigenvalue weighted by atomic mass is 10.2. The van der Waals surface area contributed by atoms with Gasteiger partial charge in [-0.05, 0) is 12.8 Å². The van der Waals surface area contributed by atoms with Crippen molar-refractivity contribution >= 4 is 17.5 Å². The zero-order valence-corrected chi connectivity index (χ0v) is 8.26. The highest BCUT2D eigenvalue weighted by Crippen LogP contribution is 2.36. The fraction of sp³-hybridized carbons (Fsp3) is 0.667. The molecule has 0 bridgehead atoms. The van der Waals surface area contributed by atoms with Gasteiger partial charge in [0.05, 0.1) is 5.71 Å². The van der Waals surface area contributed by atoms with Gasteiger partial charge in [0.2, 0.25) is 0 Å². The molecule has 1 atom stereocenters. The second-order valence-corrected chi connectivity index (χ2v) is 4.96. The van der Waals surface area contributed by atoms with Crippen LogP contribution in [0.5, 0.6) is 0 Å². The molecule has 1 fully saturated rings. The largest absolute Gasteiger partial charge is 0.373 e. The molecule has 70 valence electrons. The lowest BCUT2D eigenvalue weighted by Gasteiger charge is -2.25. The topological polar surface area (TPSA) is 41.6 Å². The van der Waals surface area contributed by atoms with Crippen LogP contribution >= 0.6 is 11.8 Å². The summed E-state index contributed by atoms with van der Waals surface area (Å²) in [6.45, 7) is 1.14. The Hall–Kier alpha value is -0.480. The average Bonchev–Trinajstić information content (AvgIpc) is 2.87. The summed E-state index contributed by atoms with van der Waals surface area (Å²) in [5.41, 5.74) is 6.94. The summed E-state index contributed by atoms with van der Waals surface area (Å²) in [5.74, 6) is 0. The Balaban J connectivity index is 1.84. The highest BCUT2D eigenvalue weighted by atomic mass is 32.2. The monoisotopic (exact) mass is 195 g/mol. The lowest BCUT2D eigenvalue weighted by Crippen LogP contribution is -2.27. The second-order valence-electron chi connectivity index (χ2n) is 3.80. The van der Waals surface area contributed by atoms with E-state index in [0.717, 1.165) is 19.0 Å². The van der Waals surface area contributed by atoms with E-state index in [2.05, 4.69) is 16.1 Å². The van der Waals surface area contributed by atoms with Crippen LogP contribution in [-0.2, 0) is 0 Å². The SMILES string of the molecule is NC1N=C2CCN(C3CC3)C=C2S1. The molecule has 13 heavy (non-hydrogen) atoms. The Labute approximate surface area is 82.1 Å². The number of hydrogen-bond acceptors (Lipinski definition) is 4. The molecule has 4 heteroatoms. The number of rotatable bonds is 1. The molecule has 0 aromatic rings. The highest BCUT2D eigenvalue weighted by Gasteiger charge is 2.32. The average molecular weight is 195 g/mol. The zero-order chi connectivity index (χ0) is 8.84. The van der Waals surface area contributed by atoms with Crippen LogP contribution in [0.25, 0.3) is 0 Å². The van der Waals surface area contributed by atoms with Gasteiger partial charge in [-0.3, -0.25) is 4.99 Å². The molecular formula is C9H13N3S. The first kappa shape index (κ1) is 7.88. The predicted octanol–water partition coefficient (Wildman–Crippen LogP) is 1.13. The van der Waals surface area contributed by atoms with Gasteiger partial charge in [0, 0.05) is 30.1 Å². The van der Waals surface area contributed by atoms with Crippen LogP contribution in [-0.4, -0.2) is 28.7 Å². The van der Waals surface area contributed by atoms with Gasteiger partial charge in [-0.25, -0.2) is 0 Å². The molecule has 2 heterocycles. The molecule has 0 aromatic heterocycles. The van der Waals surface area contributed by atoms with E-state index in [0.29, 0.717) is 0 Å². The normalized spacial score (nSPS) is 32.7. The summed E-state index contributed by atoms with van der Waals surface area (Å²) in [6, 6.07) is 0.825. The lowest BCUT2D eigenvalue weighted by molar-refractivity contribution is 0.371. The summed E-state index contributed by atoms with van der Waals surface area (Å²) in [6.07, 6.45) is 6.08. The molecule has 2 aliphatic heterocycles. The Morgan fingerprint density at radius 2 is 2.38 bits per heavy atom. The van der Waals surface area contributed by atoms with Crippen LogP contribution < -0.4 is 5.73 Å². The van der Waals surface area contributed by atoms with Gasteiger partial charge in [-0.1, -0.05) is 11.8 Å². The maximum absolute atomic E-state index is 5.75. The Bertz CT molecular complexity index is 293. The van der Waals surface area contributed by atoms with Crippen LogP contribution in [0.4, 0.5) is 0 Å². The van der Waals surface area contributed by atoms with Crippen molar-refractivity contribution in [1.29, 1.82) is 0 Å². The molecular weight excluding hydrogens is 182 g/mol. The third kappa shape index (κ3) is 1.38. The molecule has 1 saturated carbocycles. The van der Waals surface area contributed by atoms with E-state index in [1.807, 2.05) is 0 Å². The van der Waals surface area contributed by atoms with E-state index in [1.54, 1.807) is 11.8 Å². The van der Waals surface area contributed by atoms with Crippen LogP contribution in [0.2, 0.25) is 0 Å². The second kappa shape index (κ2) is 2.75. The summed E-state index contributed by atoms with van der Waals surface area (Å²) in [5, 5.41) is 0. The van der Waals surface area contributed by atoms with Crippen LogP contribution in [0.15, 0.2) is 16.1 Å². The van der Waals surface area contributed by atoms with E-state index >= 15 is 0 Å². The van der Waals surface area contributed by atoms with Crippen molar-refractivity contribution in [3.8, 4) is 0 Å². The van der Waals surface area contributed by atoms with Crippen molar-refractivity contribution in [2.45, 2.75) is 30.8 Å². The minimum atomic E-state index is -0.0413. The van der Waals surface area contributed by atoms with Crippen LogP contribution in [0.3, 0.4) is 0 Å². The van der Waals surface area contributed by atoms with E-state index in [9.17, 15) is 0 Å². The van der Waals surface area contributed by atoms with Crippen LogP contribution in [0, 0.1) is 0 Å².